The number of hydrogen-bond donors (Lipinski definition) is 0. The van der Waals surface area contributed by atoms with E-state index in [1.54, 1.807) is 19.1 Å². The highest BCUT2D eigenvalue weighted by Gasteiger charge is 2.05. The van der Waals surface area contributed by atoms with Gasteiger partial charge in [-0.25, -0.2) is 8.42 Å². The van der Waals surface area contributed by atoms with Gasteiger partial charge in [0.2, 0.25) is 0 Å². The lowest BCUT2D eigenvalue weighted by atomic mass is 10.1. The predicted molar refractivity (Wildman–Crippen MR) is 49.2 cm³/mol. The second-order valence-corrected chi connectivity index (χ2v) is 4.05. The summed E-state index contributed by atoms with van der Waals surface area (Å²) in [5.41, 5.74) is 1.08. The Morgan fingerprint density at radius 1 is 1.46 bits per heavy atom. The van der Waals surface area contributed by atoms with Crippen LogP contribution < -0.4 is 0 Å². The first-order chi connectivity index (χ1) is 5.95. The van der Waals surface area contributed by atoms with E-state index >= 15 is 0 Å². The average molecular weight is 197 g/mol. The van der Waals surface area contributed by atoms with E-state index in [1.165, 1.54) is 12.1 Å². The third-order valence-corrected chi connectivity index (χ3v) is 2.55. The van der Waals surface area contributed by atoms with Crippen molar-refractivity contribution in [3.05, 3.63) is 35.9 Å². The van der Waals surface area contributed by atoms with Crippen LogP contribution in [-0.2, 0) is 10.1 Å². The van der Waals surface area contributed by atoms with E-state index in [9.17, 15) is 13.0 Å². The topological polar surface area (TPSA) is 57.2 Å². The average Bonchev–Trinajstić information content (AvgIpc) is 2.03. The zero-order chi connectivity index (χ0) is 10.1. The predicted octanol–water partition coefficient (Wildman–Crippen LogP) is 1.54. The summed E-state index contributed by atoms with van der Waals surface area (Å²) >= 11 is 0. The van der Waals surface area contributed by atoms with Gasteiger partial charge in [-0.3, -0.25) is 0 Å². The highest BCUT2D eigenvalue weighted by atomic mass is 32.2. The van der Waals surface area contributed by atoms with Crippen molar-refractivity contribution in [2.45, 2.75) is 11.8 Å². The SMILES string of the molecule is C=Cc1ccc(C)cc1S(=O)(=O)[O-]. The summed E-state index contributed by atoms with van der Waals surface area (Å²) in [5.74, 6) is 0. The van der Waals surface area contributed by atoms with Crippen molar-refractivity contribution in [1.82, 2.24) is 0 Å². The molecule has 0 aliphatic carbocycles. The molecule has 70 valence electrons. The molecule has 1 rings (SSSR count). The monoisotopic (exact) mass is 197 g/mol. The van der Waals surface area contributed by atoms with E-state index in [0.717, 1.165) is 5.56 Å². The fourth-order valence-corrected chi connectivity index (χ4v) is 1.80. The quantitative estimate of drug-likeness (QED) is 0.676. The van der Waals surface area contributed by atoms with Crippen LogP contribution in [0.2, 0.25) is 0 Å². The molecule has 13 heavy (non-hydrogen) atoms. The molecule has 0 unspecified atom stereocenters. The molecule has 0 aliphatic rings. The molecule has 4 heteroatoms. The Balaban J connectivity index is 3.50. The molecule has 0 amide bonds. The van der Waals surface area contributed by atoms with Gasteiger partial charge >= 0.3 is 0 Å². The van der Waals surface area contributed by atoms with Crippen molar-refractivity contribution < 1.29 is 13.0 Å². The van der Waals surface area contributed by atoms with Crippen LogP contribution in [0.3, 0.4) is 0 Å². The molecule has 1 aromatic rings. The second kappa shape index (κ2) is 3.32. The summed E-state index contributed by atoms with van der Waals surface area (Å²) in [5, 5.41) is 0. The normalized spacial score (nSPS) is 11.2. The second-order valence-electron chi connectivity index (χ2n) is 2.70. The van der Waals surface area contributed by atoms with Crippen molar-refractivity contribution in [3.8, 4) is 0 Å². The Bertz CT molecular complexity index is 432. The van der Waals surface area contributed by atoms with Crippen LogP contribution in [-0.4, -0.2) is 13.0 Å². The third kappa shape index (κ3) is 2.17. The van der Waals surface area contributed by atoms with Crippen molar-refractivity contribution in [1.29, 1.82) is 0 Å². The van der Waals surface area contributed by atoms with Crippen LogP contribution in [0, 0.1) is 6.92 Å². The summed E-state index contributed by atoms with van der Waals surface area (Å²) in [6.45, 7) is 5.16. The van der Waals surface area contributed by atoms with Gasteiger partial charge in [-0.2, -0.15) is 0 Å². The van der Waals surface area contributed by atoms with Gasteiger partial charge < -0.3 is 4.55 Å². The van der Waals surface area contributed by atoms with Gasteiger partial charge in [-0.1, -0.05) is 24.8 Å². The molecule has 0 aromatic heterocycles. The van der Waals surface area contributed by atoms with Gasteiger partial charge in [0, 0.05) is 0 Å². The highest BCUT2D eigenvalue weighted by Crippen LogP contribution is 2.17. The lowest BCUT2D eigenvalue weighted by Gasteiger charge is -2.10. The number of benzene rings is 1. The standard InChI is InChI=1S/C9H10O3S/c1-3-8-5-4-7(2)6-9(8)13(10,11)12/h3-6H,1H2,2H3,(H,10,11,12)/p-1. The summed E-state index contributed by atoms with van der Waals surface area (Å²) in [6, 6.07) is 4.64. The van der Waals surface area contributed by atoms with Crippen LogP contribution in [0.1, 0.15) is 11.1 Å². The molecule has 0 fully saturated rings. The molecule has 0 aliphatic heterocycles. The number of rotatable bonds is 2. The smallest absolute Gasteiger partial charge is 0.125 e. The Morgan fingerprint density at radius 2 is 2.08 bits per heavy atom. The molecular weight excluding hydrogens is 188 g/mol. The molecular formula is C9H9O3S-. The Hall–Kier alpha value is -1.13. The number of aryl methyl sites for hydroxylation is 1. The maximum absolute atomic E-state index is 10.8. The van der Waals surface area contributed by atoms with Crippen molar-refractivity contribution >= 4 is 16.2 Å². The molecule has 0 bridgehead atoms. The van der Waals surface area contributed by atoms with Gasteiger partial charge in [0.05, 0.1) is 4.90 Å². The largest absolute Gasteiger partial charge is 0.744 e. The molecule has 0 heterocycles. The molecule has 1 aromatic carbocycles. The van der Waals surface area contributed by atoms with Gasteiger partial charge in [0.25, 0.3) is 0 Å². The first kappa shape index (κ1) is 9.95. The zero-order valence-electron chi connectivity index (χ0n) is 7.15. The summed E-state index contributed by atoms with van der Waals surface area (Å²) < 4.78 is 32.3. The van der Waals surface area contributed by atoms with Gasteiger partial charge in [0.1, 0.15) is 10.1 Å². The fourth-order valence-electron chi connectivity index (χ4n) is 1.03. The Kier molecular flexibility index (Phi) is 2.54. The summed E-state index contributed by atoms with van der Waals surface area (Å²) in [4.78, 5) is -0.206. The minimum atomic E-state index is -4.39. The van der Waals surface area contributed by atoms with E-state index in [-0.39, 0.29) is 4.90 Å². The van der Waals surface area contributed by atoms with Crippen molar-refractivity contribution in [2.24, 2.45) is 0 Å². The minimum absolute atomic E-state index is 0.206. The lowest BCUT2D eigenvalue weighted by Crippen LogP contribution is -2.01. The minimum Gasteiger partial charge on any atom is -0.744 e. The zero-order valence-corrected chi connectivity index (χ0v) is 7.97. The van der Waals surface area contributed by atoms with Crippen molar-refractivity contribution in [3.63, 3.8) is 0 Å². The number of hydrogen-bond acceptors (Lipinski definition) is 3. The van der Waals surface area contributed by atoms with E-state index in [1.807, 2.05) is 0 Å². The van der Waals surface area contributed by atoms with Gasteiger partial charge in [-0.15, -0.1) is 0 Å². The molecule has 0 radical (unpaired) electrons. The van der Waals surface area contributed by atoms with Crippen LogP contribution in [0.25, 0.3) is 6.08 Å². The Labute approximate surface area is 77.5 Å². The van der Waals surface area contributed by atoms with E-state index in [0.29, 0.717) is 5.56 Å². The van der Waals surface area contributed by atoms with E-state index in [2.05, 4.69) is 6.58 Å². The molecule has 0 N–H and O–H groups in total. The summed E-state index contributed by atoms with van der Waals surface area (Å²) in [7, 11) is -4.39. The van der Waals surface area contributed by atoms with Crippen molar-refractivity contribution in [2.75, 3.05) is 0 Å². The van der Waals surface area contributed by atoms with E-state index in [4.69, 9.17) is 0 Å². The fraction of sp³-hybridized carbons (Fsp3) is 0.111. The molecule has 0 saturated carbocycles. The first-order valence-corrected chi connectivity index (χ1v) is 5.05. The van der Waals surface area contributed by atoms with Crippen LogP contribution >= 0.6 is 0 Å². The summed E-state index contributed by atoms with van der Waals surface area (Å²) in [6.07, 6.45) is 1.35. The van der Waals surface area contributed by atoms with Gasteiger partial charge in [0.15, 0.2) is 0 Å². The maximum atomic E-state index is 10.8. The van der Waals surface area contributed by atoms with Crippen LogP contribution in [0.4, 0.5) is 0 Å². The molecule has 0 saturated heterocycles. The maximum Gasteiger partial charge on any atom is 0.125 e. The lowest BCUT2D eigenvalue weighted by molar-refractivity contribution is 0.463. The molecule has 0 spiro atoms. The molecule has 3 nitrogen and oxygen atoms in total. The van der Waals surface area contributed by atoms with Crippen LogP contribution in [0.5, 0.6) is 0 Å². The first-order valence-electron chi connectivity index (χ1n) is 3.64. The highest BCUT2D eigenvalue weighted by molar-refractivity contribution is 7.85. The Morgan fingerprint density at radius 3 is 2.54 bits per heavy atom. The third-order valence-electron chi connectivity index (χ3n) is 1.66. The van der Waals surface area contributed by atoms with E-state index < -0.39 is 10.1 Å². The van der Waals surface area contributed by atoms with Gasteiger partial charge in [-0.05, 0) is 24.1 Å². The van der Waals surface area contributed by atoms with Crippen LogP contribution in [0.15, 0.2) is 29.7 Å². The molecule has 0 atom stereocenters.